The number of pyridine rings is 1. The monoisotopic (exact) mass is 624 g/mol. The third-order valence-electron chi connectivity index (χ3n) is 8.57. The lowest BCUT2D eigenvalue weighted by atomic mass is 10.0. The standard InChI is InChI=1S/C29H33ClN8O4S/c1-15-9-18(17(3)32-21-7-8-22(30)33-24(21)26(39)35-43(6,41)42)23-19(10-15)27(40)36(5)28(34-23)37-13-20-25(29(20,4)14-37)38-12-16(2)11-31-38/h7-12,17,20,25,32H,13-14H2,1-6H3,(H,35,39)/t17-,20-,25-,29-/m1/s1. The number of halogens is 1. The van der Waals surface area contributed by atoms with E-state index in [1.165, 1.54) is 6.07 Å². The predicted octanol–water partition coefficient (Wildman–Crippen LogP) is 3.36. The molecule has 3 aromatic heterocycles. The second kappa shape index (κ2) is 10.1. The molecule has 0 spiro atoms. The van der Waals surface area contributed by atoms with Gasteiger partial charge in [-0.05, 0) is 50.1 Å². The number of piperidine rings is 1. The average molecular weight is 625 g/mol. The summed E-state index contributed by atoms with van der Waals surface area (Å²) in [5, 5.41) is 8.33. The van der Waals surface area contributed by atoms with Gasteiger partial charge in [0.15, 0.2) is 5.69 Å². The van der Waals surface area contributed by atoms with Crippen molar-refractivity contribution in [3.05, 3.63) is 74.6 Å². The molecule has 1 aliphatic heterocycles. The predicted molar refractivity (Wildman–Crippen MR) is 165 cm³/mol. The summed E-state index contributed by atoms with van der Waals surface area (Å²) in [6.45, 7) is 9.59. The highest BCUT2D eigenvalue weighted by atomic mass is 35.5. The molecule has 1 aliphatic carbocycles. The van der Waals surface area contributed by atoms with Crippen molar-refractivity contribution in [2.24, 2.45) is 18.4 Å². The Morgan fingerprint density at radius 3 is 2.56 bits per heavy atom. The molecular formula is C29H33ClN8O4S. The van der Waals surface area contributed by atoms with E-state index in [2.05, 4.69) is 38.1 Å². The number of nitrogens with one attached hydrogen (secondary N) is 2. The first-order valence-electron chi connectivity index (χ1n) is 13.9. The first-order chi connectivity index (χ1) is 20.2. The maximum absolute atomic E-state index is 13.7. The van der Waals surface area contributed by atoms with Crippen LogP contribution >= 0.6 is 11.6 Å². The van der Waals surface area contributed by atoms with Gasteiger partial charge >= 0.3 is 0 Å². The molecule has 0 bridgehead atoms. The van der Waals surface area contributed by atoms with Crippen LogP contribution in [-0.4, -0.2) is 58.0 Å². The number of sulfonamides is 1. The van der Waals surface area contributed by atoms with Gasteiger partial charge in [-0.1, -0.05) is 24.6 Å². The molecule has 2 N–H and O–H groups in total. The first kappa shape index (κ1) is 29.1. The largest absolute Gasteiger partial charge is 0.377 e. The zero-order valence-electron chi connectivity index (χ0n) is 24.7. The Kier molecular flexibility index (Phi) is 6.81. The molecule has 4 heterocycles. The van der Waals surface area contributed by atoms with Crippen molar-refractivity contribution < 1.29 is 13.2 Å². The van der Waals surface area contributed by atoms with E-state index >= 15 is 0 Å². The lowest BCUT2D eigenvalue weighted by molar-refractivity contribution is 0.0977. The number of nitrogens with zero attached hydrogens (tertiary/aromatic N) is 6. The van der Waals surface area contributed by atoms with E-state index in [4.69, 9.17) is 16.6 Å². The number of rotatable bonds is 7. The van der Waals surface area contributed by atoms with Gasteiger partial charge < -0.3 is 10.2 Å². The van der Waals surface area contributed by atoms with Gasteiger partial charge in [0, 0.05) is 43.2 Å². The second-order valence-corrected chi connectivity index (χ2v) is 14.2. The molecule has 1 amide bonds. The Bertz CT molecular complexity index is 1970. The van der Waals surface area contributed by atoms with Crippen LogP contribution < -0.4 is 20.5 Å². The van der Waals surface area contributed by atoms with Crippen molar-refractivity contribution >= 4 is 50.1 Å². The van der Waals surface area contributed by atoms with Gasteiger partial charge in [0.2, 0.25) is 16.0 Å². The van der Waals surface area contributed by atoms with Gasteiger partial charge in [0.1, 0.15) is 5.15 Å². The molecule has 1 aromatic carbocycles. The Hall–Kier alpha value is -3.97. The fourth-order valence-corrected chi connectivity index (χ4v) is 7.08. The minimum atomic E-state index is -3.83. The zero-order chi connectivity index (χ0) is 31.0. The maximum Gasteiger partial charge on any atom is 0.285 e. The number of benzene rings is 1. The van der Waals surface area contributed by atoms with E-state index in [0.29, 0.717) is 28.8 Å². The van der Waals surface area contributed by atoms with Gasteiger partial charge in [-0.2, -0.15) is 5.10 Å². The number of carbonyl (C=O) groups is 1. The van der Waals surface area contributed by atoms with Crippen molar-refractivity contribution in [2.75, 3.05) is 29.6 Å². The van der Waals surface area contributed by atoms with E-state index in [9.17, 15) is 18.0 Å². The Labute approximate surface area is 254 Å². The van der Waals surface area contributed by atoms with Crippen LogP contribution in [0.1, 0.15) is 53.1 Å². The Balaban J connectivity index is 1.35. The number of amides is 1. The fourth-order valence-electron chi connectivity index (χ4n) is 6.50. The summed E-state index contributed by atoms with van der Waals surface area (Å²) < 4.78 is 29.0. The van der Waals surface area contributed by atoms with Crippen LogP contribution in [0.2, 0.25) is 5.15 Å². The number of carbonyl (C=O) groups excluding carboxylic acids is 1. The molecule has 1 saturated heterocycles. The highest BCUT2D eigenvalue weighted by molar-refractivity contribution is 7.89. The van der Waals surface area contributed by atoms with Crippen molar-refractivity contribution in [2.45, 2.75) is 39.8 Å². The Morgan fingerprint density at radius 2 is 1.93 bits per heavy atom. The molecule has 14 heteroatoms. The molecule has 2 aliphatic rings. The van der Waals surface area contributed by atoms with E-state index in [-0.39, 0.29) is 27.5 Å². The van der Waals surface area contributed by atoms with E-state index in [0.717, 1.165) is 36.0 Å². The molecule has 0 radical (unpaired) electrons. The van der Waals surface area contributed by atoms with Crippen molar-refractivity contribution in [1.82, 2.24) is 29.0 Å². The van der Waals surface area contributed by atoms with Crippen LogP contribution in [0.25, 0.3) is 10.9 Å². The SMILES string of the molecule is Cc1cc([C@@H](C)Nc2ccc(Cl)nc2C(=O)NS(C)(=O)=O)c2nc(N3C[C@@H]4[C@@H](n5cc(C)cn5)[C@]4(C)C3)n(C)c(=O)c2c1. The molecule has 43 heavy (non-hydrogen) atoms. The summed E-state index contributed by atoms with van der Waals surface area (Å²) in [6.07, 6.45) is 4.85. The molecule has 2 fully saturated rings. The number of aryl methyl sites for hydroxylation is 2. The molecule has 4 atom stereocenters. The summed E-state index contributed by atoms with van der Waals surface area (Å²) in [4.78, 5) is 37.7. The molecule has 1 saturated carbocycles. The number of fused-ring (bicyclic) bond motifs is 2. The summed E-state index contributed by atoms with van der Waals surface area (Å²) in [6, 6.07) is 6.73. The highest BCUT2D eigenvalue weighted by Crippen LogP contribution is 2.66. The summed E-state index contributed by atoms with van der Waals surface area (Å²) >= 11 is 6.04. The average Bonchev–Trinajstić information content (AvgIpc) is 3.18. The van der Waals surface area contributed by atoms with Crippen molar-refractivity contribution in [3.63, 3.8) is 0 Å². The lowest BCUT2D eigenvalue weighted by Crippen LogP contribution is -2.34. The third-order valence-corrected chi connectivity index (χ3v) is 9.33. The fraction of sp³-hybridized carbons (Fsp3) is 0.414. The normalized spacial score (nSPS) is 22.0. The molecule has 0 unspecified atom stereocenters. The van der Waals surface area contributed by atoms with Crippen LogP contribution in [0.3, 0.4) is 0 Å². The van der Waals surface area contributed by atoms with Gasteiger partial charge in [-0.3, -0.25) is 18.8 Å². The van der Waals surface area contributed by atoms with Gasteiger partial charge in [0.05, 0.1) is 41.1 Å². The third kappa shape index (κ3) is 5.14. The summed E-state index contributed by atoms with van der Waals surface area (Å²) in [5.74, 6) is 0.0825. The molecule has 4 aromatic rings. The number of aromatic nitrogens is 5. The van der Waals surface area contributed by atoms with Crippen LogP contribution in [0.5, 0.6) is 0 Å². The van der Waals surface area contributed by atoms with Crippen LogP contribution in [0, 0.1) is 25.2 Å². The maximum atomic E-state index is 13.7. The van der Waals surface area contributed by atoms with Crippen molar-refractivity contribution in [1.29, 1.82) is 0 Å². The number of hydrogen-bond donors (Lipinski definition) is 2. The van der Waals surface area contributed by atoms with Crippen LogP contribution in [0.15, 0.2) is 41.5 Å². The van der Waals surface area contributed by atoms with E-state index in [1.54, 1.807) is 17.7 Å². The van der Waals surface area contributed by atoms with Gasteiger partial charge in [0.25, 0.3) is 11.5 Å². The smallest absolute Gasteiger partial charge is 0.285 e. The summed E-state index contributed by atoms with van der Waals surface area (Å²) in [7, 11) is -2.08. The zero-order valence-corrected chi connectivity index (χ0v) is 26.3. The van der Waals surface area contributed by atoms with Crippen LogP contribution in [0.4, 0.5) is 11.6 Å². The van der Waals surface area contributed by atoms with Crippen molar-refractivity contribution in [3.8, 4) is 0 Å². The minimum Gasteiger partial charge on any atom is -0.377 e. The second-order valence-electron chi connectivity index (χ2n) is 12.1. The summed E-state index contributed by atoms with van der Waals surface area (Å²) in [5.41, 5.74) is 3.30. The lowest BCUT2D eigenvalue weighted by Gasteiger charge is -2.26. The topological polar surface area (TPSA) is 144 Å². The van der Waals surface area contributed by atoms with E-state index in [1.807, 2.05) is 43.8 Å². The molecule has 12 nitrogen and oxygen atoms in total. The first-order valence-corrected chi connectivity index (χ1v) is 16.2. The van der Waals surface area contributed by atoms with E-state index < -0.39 is 22.0 Å². The number of hydrogen-bond acceptors (Lipinski definition) is 9. The number of anilines is 2. The molecular weight excluding hydrogens is 592 g/mol. The highest BCUT2D eigenvalue weighted by Gasteiger charge is 2.68. The minimum absolute atomic E-state index is 0.0284. The molecule has 226 valence electrons. The quantitative estimate of drug-likeness (QED) is 0.296. The molecule has 6 rings (SSSR count). The Morgan fingerprint density at radius 1 is 1.19 bits per heavy atom. The van der Waals surface area contributed by atoms with Crippen LogP contribution in [-0.2, 0) is 17.1 Å². The van der Waals surface area contributed by atoms with Gasteiger partial charge in [-0.15, -0.1) is 0 Å². The van der Waals surface area contributed by atoms with Gasteiger partial charge in [-0.25, -0.2) is 23.1 Å².